The molecule has 0 radical (unpaired) electrons. The Morgan fingerprint density at radius 2 is 0.939 bits per heavy atom. The molecule has 0 spiro atoms. The molecule has 2 aliphatic heterocycles. The molecule has 49 heavy (non-hydrogen) atoms. The van der Waals surface area contributed by atoms with Gasteiger partial charge in [0.1, 0.15) is 18.8 Å². The van der Waals surface area contributed by atoms with Crippen molar-refractivity contribution in [3.8, 4) is 0 Å². The first-order valence-corrected chi connectivity index (χ1v) is 15.8. The summed E-state index contributed by atoms with van der Waals surface area (Å²) in [6.07, 6.45) is -6.24. The van der Waals surface area contributed by atoms with Crippen LogP contribution in [0.1, 0.15) is 75.2 Å². The number of hydrogen-bond donors (Lipinski definition) is 0. The van der Waals surface area contributed by atoms with Gasteiger partial charge in [0.15, 0.2) is 43.1 Å². The van der Waals surface area contributed by atoms with Gasteiger partial charge in [0.2, 0.25) is 0 Å². The Labute approximate surface area is 285 Å². The van der Waals surface area contributed by atoms with Crippen LogP contribution in [0.4, 0.5) is 0 Å². The topological polar surface area (TPSA) is 195 Å². The first kappa shape index (κ1) is 41.3. The standard InChI is InChI=1S/C33H48O16/c1-17(2)11-10-12-18(3)13-14-40-32-31(47-24(9)39)29(45-22(7)37)27(43-20(5)35)26(48-32)16-42-33-30(46-23(8)38)28(44-21(6)36)25(49-33)15-41-19(4)34/h11,13,25-33H,10,12,14-16H2,1-9H3/b18-13+/t25-,26+,27+,28-,29-,30+,31+,32+,33+/m0/s1. The molecule has 0 N–H and O–H groups in total. The fraction of sp³-hybridized carbons (Fsp3) is 0.697. The van der Waals surface area contributed by atoms with E-state index in [1.807, 2.05) is 26.8 Å². The van der Waals surface area contributed by atoms with Crippen LogP contribution in [-0.2, 0) is 76.1 Å². The number of rotatable bonds is 16. The van der Waals surface area contributed by atoms with Crippen molar-refractivity contribution in [3.63, 3.8) is 0 Å². The maximum absolute atomic E-state index is 12.2. The lowest BCUT2D eigenvalue weighted by molar-refractivity contribution is -0.313. The summed E-state index contributed by atoms with van der Waals surface area (Å²) < 4.78 is 56.2. The van der Waals surface area contributed by atoms with Crippen molar-refractivity contribution in [2.45, 2.75) is 130 Å². The molecular weight excluding hydrogens is 652 g/mol. The van der Waals surface area contributed by atoms with Crippen LogP contribution < -0.4 is 0 Å². The highest BCUT2D eigenvalue weighted by Crippen LogP contribution is 2.33. The fourth-order valence-electron chi connectivity index (χ4n) is 5.10. The monoisotopic (exact) mass is 700 g/mol. The minimum atomic E-state index is -1.40. The van der Waals surface area contributed by atoms with Gasteiger partial charge in [-0.2, -0.15) is 0 Å². The Hall–Kier alpha value is -3.86. The van der Waals surface area contributed by atoms with E-state index in [0.29, 0.717) is 0 Å². The Bertz CT molecular complexity index is 1240. The molecule has 16 nitrogen and oxygen atoms in total. The first-order valence-electron chi connectivity index (χ1n) is 15.8. The summed E-state index contributed by atoms with van der Waals surface area (Å²) >= 11 is 0. The molecule has 0 aromatic rings. The molecule has 0 unspecified atom stereocenters. The molecule has 9 atom stereocenters. The molecule has 0 saturated carbocycles. The summed E-state index contributed by atoms with van der Waals surface area (Å²) in [5.74, 6) is -4.42. The second kappa shape index (κ2) is 20.0. The highest BCUT2D eigenvalue weighted by Gasteiger charge is 2.54. The minimum Gasteiger partial charge on any atom is -0.463 e. The summed E-state index contributed by atoms with van der Waals surface area (Å²) in [6.45, 7) is 12.0. The highest BCUT2D eigenvalue weighted by molar-refractivity contribution is 5.69. The number of carbonyl (C=O) groups is 6. The fourth-order valence-corrected chi connectivity index (χ4v) is 5.10. The molecule has 276 valence electrons. The molecule has 0 amide bonds. The lowest BCUT2D eigenvalue weighted by atomic mass is 9.98. The lowest BCUT2D eigenvalue weighted by Crippen LogP contribution is -2.63. The number of ether oxygens (including phenoxy) is 10. The van der Waals surface area contributed by atoms with E-state index in [1.165, 1.54) is 12.5 Å². The number of esters is 6. The van der Waals surface area contributed by atoms with Crippen molar-refractivity contribution in [1.29, 1.82) is 0 Å². The molecule has 2 rings (SSSR count). The van der Waals surface area contributed by atoms with E-state index in [-0.39, 0.29) is 13.2 Å². The zero-order valence-electron chi connectivity index (χ0n) is 29.4. The molecule has 0 aromatic heterocycles. The van der Waals surface area contributed by atoms with Gasteiger partial charge in [-0.05, 0) is 33.6 Å². The third-order valence-electron chi connectivity index (χ3n) is 7.03. The summed E-state index contributed by atoms with van der Waals surface area (Å²) in [4.78, 5) is 72.1. The maximum atomic E-state index is 12.2. The van der Waals surface area contributed by atoms with Gasteiger partial charge in [-0.15, -0.1) is 0 Å². The Morgan fingerprint density at radius 3 is 1.43 bits per heavy atom. The van der Waals surface area contributed by atoms with Crippen molar-refractivity contribution >= 4 is 35.8 Å². The molecule has 16 heteroatoms. The average molecular weight is 701 g/mol. The zero-order chi connectivity index (χ0) is 36.8. The first-order chi connectivity index (χ1) is 23.0. The minimum absolute atomic E-state index is 0.0177. The van der Waals surface area contributed by atoms with Crippen LogP contribution >= 0.6 is 0 Å². The highest BCUT2D eigenvalue weighted by atomic mass is 16.8. The van der Waals surface area contributed by atoms with Crippen LogP contribution in [0.2, 0.25) is 0 Å². The molecule has 0 aromatic carbocycles. The van der Waals surface area contributed by atoms with Gasteiger partial charge < -0.3 is 47.4 Å². The van der Waals surface area contributed by atoms with Gasteiger partial charge in [0.05, 0.1) is 13.2 Å². The smallest absolute Gasteiger partial charge is 0.303 e. The van der Waals surface area contributed by atoms with E-state index in [9.17, 15) is 28.8 Å². The average Bonchev–Trinajstić information content (AvgIpc) is 3.27. The van der Waals surface area contributed by atoms with Gasteiger partial charge in [-0.3, -0.25) is 28.8 Å². The predicted molar refractivity (Wildman–Crippen MR) is 166 cm³/mol. The second-order valence-corrected chi connectivity index (χ2v) is 11.8. The van der Waals surface area contributed by atoms with Gasteiger partial charge in [-0.25, -0.2) is 0 Å². The number of carbonyl (C=O) groups excluding carboxylic acids is 6. The largest absolute Gasteiger partial charge is 0.463 e. The Balaban J connectivity index is 2.42. The van der Waals surface area contributed by atoms with Crippen LogP contribution in [-0.4, -0.2) is 111 Å². The van der Waals surface area contributed by atoms with E-state index >= 15 is 0 Å². The lowest BCUT2D eigenvalue weighted by Gasteiger charge is -2.44. The van der Waals surface area contributed by atoms with Gasteiger partial charge in [0.25, 0.3) is 0 Å². The summed E-state index contributed by atoms with van der Waals surface area (Å²) in [6, 6.07) is 0. The van der Waals surface area contributed by atoms with Gasteiger partial charge in [0, 0.05) is 41.5 Å². The molecule has 0 bridgehead atoms. The maximum Gasteiger partial charge on any atom is 0.303 e. The summed E-state index contributed by atoms with van der Waals surface area (Å²) in [5.41, 5.74) is 2.21. The third-order valence-corrected chi connectivity index (χ3v) is 7.03. The molecule has 2 heterocycles. The third kappa shape index (κ3) is 14.3. The Morgan fingerprint density at radius 1 is 0.510 bits per heavy atom. The van der Waals surface area contributed by atoms with E-state index in [4.69, 9.17) is 47.4 Å². The van der Waals surface area contributed by atoms with Crippen molar-refractivity contribution in [3.05, 3.63) is 23.3 Å². The van der Waals surface area contributed by atoms with E-state index in [0.717, 1.165) is 53.0 Å². The van der Waals surface area contributed by atoms with Crippen LogP contribution in [0, 0.1) is 0 Å². The summed E-state index contributed by atoms with van der Waals surface area (Å²) in [7, 11) is 0. The Kier molecular flexibility index (Phi) is 16.8. The normalized spacial score (nSPS) is 28.1. The van der Waals surface area contributed by atoms with Gasteiger partial charge in [-0.1, -0.05) is 23.3 Å². The zero-order valence-corrected chi connectivity index (χ0v) is 29.4. The van der Waals surface area contributed by atoms with E-state index < -0.39 is 97.7 Å². The number of allylic oxidation sites excluding steroid dienone is 3. The predicted octanol–water partition coefficient (Wildman–Crippen LogP) is 2.38. The van der Waals surface area contributed by atoms with Crippen molar-refractivity contribution in [2.75, 3.05) is 19.8 Å². The van der Waals surface area contributed by atoms with Crippen molar-refractivity contribution < 1.29 is 76.1 Å². The quantitative estimate of drug-likeness (QED) is 0.129. The molecule has 2 saturated heterocycles. The molecule has 0 aliphatic carbocycles. The molecular formula is C33H48O16. The second-order valence-electron chi connectivity index (χ2n) is 11.8. The number of hydrogen-bond acceptors (Lipinski definition) is 16. The van der Waals surface area contributed by atoms with Gasteiger partial charge >= 0.3 is 35.8 Å². The van der Waals surface area contributed by atoms with E-state index in [2.05, 4.69) is 6.08 Å². The van der Waals surface area contributed by atoms with Crippen molar-refractivity contribution in [2.24, 2.45) is 0 Å². The van der Waals surface area contributed by atoms with Crippen molar-refractivity contribution in [1.82, 2.24) is 0 Å². The van der Waals surface area contributed by atoms with Crippen LogP contribution in [0.25, 0.3) is 0 Å². The van der Waals surface area contributed by atoms with Crippen LogP contribution in [0.15, 0.2) is 23.3 Å². The van der Waals surface area contributed by atoms with E-state index in [1.54, 1.807) is 0 Å². The summed E-state index contributed by atoms with van der Waals surface area (Å²) in [5, 5.41) is 0. The molecule has 2 fully saturated rings. The molecule has 2 aliphatic rings. The van der Waals surface area contributed by atoms with Crippen LogP contribution in [0.3, 0.4) is 0 Å². The van der Waals surface area contributed by atoms with Crippen LogP contribution in [0.5, 0.6) is 0 Å². The SMILES string of the molecule is CC(=O)OC[C@@H]1O[C@@H](OC[C@H]2O[C@@H](OC/C=C(\C)CCC=C(C)C)[C@H](OC(C)=O)[C@@H](OC(C)=O)[C@@H]2OC(C)=O)[C@H](OC(C)=O)[C@H]1OC(C)=O.